The van der Waals surface area contributed by atoms with Crippen LogP contribution in [-0.4, -0.2) is 43.1 Å². The van der Waals surface area contributed by atoms with Crippen LogP contribution in [0, 0.1) is 5.82 Å². The lowest BCUT2D eigenvalue weighted by Gasteiger charge is -2.14. The molecule has 0 bridgehead atoms. The van der Waals surface area contributed by atoms with Crippen molar-refractivity contribution in [2.45, 2.75) is 19.4 Å². The van der Waals surface area contributed by atoms with Crippen molar-refractivity contribution in [2.75, 3.05) is 13.1 Å². The molecule has 3 aromatic carbocycles. The van der Waals surface area contributed by atoms with E-state index in [1.165, 1.54) is 30.5 Å². The Balaban J connectivity index is 1.27. The highest BCUT2D eigenvalue weighted by atomic mass is 19.1. The molecule has 7 rings (SSSR count). The number of pyridine rings is 1. The average Bonchev–Trinajstić information content (AvgIpc) is 3.68. The minimum Gasteiger partial charge on any atom is -0.337 e. The summed E-state index contributed by atoms with van der Waals surface area (Å²) in [5, 5.41) is 8.74. The number of para-hydroxylation sites is 1. The number of fused-ring (bicyclic) bond motifs is 2. The Morgan fingerprint density at radius 3 is 2.54 bits per heavy atom. The van der Waals surface area contributed by atoms with Crippen LogP contribution in [0.4, 0.5) is 4.39 Å². The second-order valence-corrected chi connectivity index (χ2v) is 9.69. The molecule has 1 fully saturated rings. The Morgan fingerprint density at radius 2 is 1.68 bits per heavy atom. The van der Waals surface area contributed by atoms with Crippen molar-refractivity contribution in [2.24, 2.45) is 0 Å². The maximum atomic E-state index is 13.5. The molecule has 3 aromatic heterocycles. The largest absolute Gasteiger partial charge is 0.337 e. The van der Waals surface area contributed by atoms with Crippen LogP contribution < -0.4 is 0 Å². The summed E-state index contributed by atoms with van der Waals surface area (Å²) in [6.45, 7) is 3.26. The predicted octanol–water partition coefficient (Wildman–Crippen LogP) is 6.57. The molecule has 0 atom stereocenters. The fraction of sp³-hybridized carbons (Fsp3) is 0.167. The van der Waals surface area contributed by atoms with E-state index in [4.69, 9.17) is 4.98 Å². The Morgan fingerprint density at radius 1 is 0.838 bits per heavy atom. The van der Waals surface area contributed by atoms with Gasteiger partial charge in [-0.3, -0.25) is 15.0 Å². The number of benzene rings is 3. The van der Waals surface area contributed by atoms with Gasteiger partial charge < -0.3 is 4.98 Å². The fourth-order valence-electron chi connectivity index (χ4n) is 5.31. The molecule has 1 aliphatic heterocycles. The highest BCUT2D eigenvalue weighted by Gasteiger charge is 2.17. The monoisotopic (exact) mass is 488 g/mol. The molecule has 2 N–H and O–H groups in total. The molecular weight excluding hydrogens is 463 g/mol. The van der Waals surface area contributed by atoms with Gasteiger partial charge in [-0.15, -0.1) is 0 Å². The molecule has 0 saturated carbocycles. The second kappa shape index (κ2) is 8.94. The minimum absolute atomic E-state index is 0.255. The van der Waals surface area contributed by atoms with E-state index in [2.05, 4.69) is 49.3 Å². The number of hydrogen-bond donors (Lipinski definition) is 2. The van der Waals surface area contributed by atoms with Gasteiger partial charge in [0.1, 0.15) is 11.5 Å². The maximum Gasteiger partial charge on any atom is 0.159 e. The van der Waals surface area contributed by atoms with Crippen molar-refractivity contribution in [3.05, 3.63) is 90.5 Å². The molecular formula is C30H25FN6. The topological polar surface area (TPSA) is 73.5 Å². The average molecular weight is 489 g/mol. The molecule has 6 aromatic rings. The summed E-state index contributed by atoms with van der Waals surface area (Å²) in [6.07, 6.45) is 6.45. The zero-order valence-electron chi connectivity index (χ0n) is 20.2. The van der Waals surface area contributed by atoms with E-state index >= 15 is 0 Å². The van der Waals surface area contributed by atoms with Gasteiger partial charge in [0.25, 0.3) is 0 Å². The van der Waals surface area contributed by atoms with Gasteiger partial charge in [0.05, 0.1) is 16.6 Å². The fourth-order valence-corrected chi connectivity index (χ4v) is 5.31. The van der Waals surface area contributed by atoms with Gasteiger partial charge >= 0.3 is 0 Å². The van der Waals surface area contributed by atoms with E-state index in [1.54, 1.807) is 12.1 Å². The molecule has 4 heterocycles. The Labute approximate surface area is 213 Å². The Kier molecular flexibility index (Phi) is 5.29. The highest BCUT2D eigenvalue weighted by molar-refractivity contribution is 5.98. The molecule has 6 nitrogen and oxygen atoms in total. The minimum atomic E-state index is -0.255. The third-order valence-corrected chi connectivity index (χ3v) is 7.19. The number of likely N-dealkylation sites (tertiary alicyclic amines) is 1. The van der Waals surface area contributed by atoms with Crippen LogP contribution in [0.5, 0.6) is 0 Å². The summed E-state index contributed by atoms with van der Waals surface area (Å²) in [5.41, 5.74) is 8.72. The number of nitrogens with one attached hydrogen (secondary N) is 2. The molecule has 0 amide bonds. The molecule has 37 heavy (non-hydrogen) atoms. The van der Waals surface area contributed by atoms with E-state index in [9.17, 15) is 4.39 Å². The molecule has 0 aliphatic carbocycles. The van der Waals surface area contributed by atoms with Crippen LogP contribution in [0.25, 0.3) is 55.7 Å². The zero-order valence-corrected chi connectivity index (χ0v) is 20.2. The summed E-state index contributed by atoms with van der Waals surface area (Å²) in [7, 11) is 0. The van der Waals surface area contributed by atoms with Crippen LogP contribution in [0.15, 0.2) is 79.1 Å². The van der Waals surface area contributed by atoms with Gasteiger partial charge in [0, 0.05) is 35.5 Å². The van der Waals surface area contributed by atoms with Crippen molar-refractivity contribution in [1.82, 2.24) is 30.0 Å². The van der Waals surface area contributed by atoms with Crippen LogP contribution in [-0.2, 0) is 6.54 Å². The highest BCUT2D eigenvalue weighted by Crippen LogP contribution is 2.33. The maximum absolute atomic E-state index is 13.5. The number of rotatable bonds is 5. The number of aromatic nitrogens is 5. The lowest BCUT2D eigenvalue weighted by Crippen LogP contribution is -2.18. The lowest BCUT2D eigenvalue weighted by molar-refractivity contribution is 0.331. The third-order valence-electron chi connectivity index (χ3n) is 7.19. The summed E-state index contributed by atoms with van der Waals surface area (Å²) < 4.78 is 13.5. The number of nitrogens with zero attached hydrogens (tertiary/aromatic N) is 4. The van der Waals surface area contributed by atoms with Crippen LogP contribution in [0.3, 0.4) is 0 Å². The normalized spacial score (nSPS) is 14.2. The quantitative estimate of drug-likeness (QED) is 0.288. The standard InChI is InChI=1S/C30H25FN6/c31-23-9-6-20(7-10-23)24-4-3-5-27-28(24)34-30(33-27)29-25-15-21(8-11-26(25)35-36-29)22-14-19(16-32-17-22)18-37-12-1-2-13-37/h3-11,14-17H,1-2,12-13,18H2,(H,33,34)(H,35,36). The number of halogens is 1. The first-order valence-electron chi connectivity index (χ1n) is 12.6. The Bertz CT molecular complexity index is 1730. The number of imidazole rings is 1. The second-order valence-electron chi connectivity index (χ2n) is 9.69. The summed E-state index contributed by atoms with van der Waals surface area (Å²) in [4.78, 5) is 15.4. The first-order chi connectivity index (χ1) is 18.2. The number of hydrogen-bond acceptors (Lipinski definition) is 4. The van der Waals surface area contributed by atoms with Gasteiger partial charge in [0.15, 0.2) is 5.82 Å². The van der Waals surface area contributed by atoms with Crippen LogP contribution in [0.2, 0.25) is 0 Å². The van der Waals surface area contributed by atoms with E-state index in [1.807, 2.05) is 30.6 Å². The lowest BCUT2D eigenvalue weighted by atomic mass is 10.0. The van der Waals surface area contributed by atoms with Crippen molar-refractivity contribution in [3.63, 3.8) is 0 Å². The number of H-pyrrole nitrogens is 2. The van der Waals surface area contributed by atoms with E-state index in [0.717, 1.165) is 69.5 Å². The van der Waals surface area contributed by atoms with E-state index < -0.39 is 0 Å². The predicted molar refractivity (Wildman–Crippen MR) is 144 cm³/mol. The molecule has 7 heteroatoms. The molecule has 1 aliphatic rings. The summed E-state index contributed by atoms with van der Waals surface area (Å²) in [5.74, 6) is 0.433. The SMILES string of the molecule is Fc1ccc(-c2cccc3[nH]c(-c4n[nH]c5ccc(-c6cncc(CN7CCCC7)c6)cc45)nc23)cc1. The molecule has 1 saturated heterocycles. The zero-order chi connectivity index (χ0) is 24.8. The van der Waals surface area contributed by atoms with Gasteiger partial charge in [-0.05, 0) is 79.0 Å². The molecule has 0 spiro atoms. The Hall–Kier alpha value is -4.36. The first-order valence-corrected chi connectivity index (χ1v) is 12.6. The van der Waals surface area contributed by atoms with Gasteiger partial charge in [-0.2, -0.15) is 5.10 Å². The molecule has 0 unspecified atom stereocenters. The van der Waals surface area contributed by atoms with Crippen molar-refractivity contribution >= 4 is 21.9 Å². The molecule has 182 valence electrons. The molecule has 0 radical (unpaired) electrons. The smallest absolute Gasteiger partial charge is 0.159 e. The van der Waals surface area contributed by atoms with Crippen molar-refractivity contribution in [3.8, 4) is 33.8 Å². The van der Waals surface area contributed by atoms with Gasteiger partial charge in [-0.25, -0.2) is 9.37 Å². The van der Waals surface area contributed by atoms with Crippen LogP contribution in [0.1, 0.15) is 18.4 Å². The van der Waals surface area contributed by atoms with Gasteiger partial charge in [-0.1, -0.05) is 30.3 Å². The third kappa shape index (κ3) is 4.07. The van der Waals surface area contributed by atoms with Gasteiger partial charge in [0.2, 0.25) is 0 Å². The summed E-state index contributed by atoms with van der Waals surface area (Å²) in [6, 6.07) is 21.0. The number of aromatic amines is 2. The van der Waals surface area contributed by atoms with E-state index in [-0.39, 0.29) is 5.82 Å². The van der Waals surface area contributed by atoms with Crippen LogP contribution >= 0.6 is 0 Å². The van der Waals surface area contributed by atoms with Crippen molar-refractivity contribution in [1.29, 1.82) is 0 Å². The van der Waals surface area contributed by atoms with Crippen molar-refractivity contribution < 1.29 is 4.39 Å². The first kappa shape index (κ1) is 21.9. The summed E-state index contributed by atoms with van der Waals surface area (Å²) >= 11 is 0. The van der Waals surface area contributed by atoms with E-state index in [0.29, 0.717) is 5.82 Å².